The molecule has 3 heterocycles. The largest absolute Gasteiger partial charge is 0.448 e. The molecule has 2 N–H and O–H groups in total. The maximum atomic E-state index is 12.8. The van der Waals surface area contributed by atoms with Crippen molar-refractivity contribution in [3.63, 3.8) is 0 Å². The molecule has 0 bridgehead atoms. The van der Waals surface area contributed by atoms with Crippen LogP contribution in [-0.2, 0) is 17.8 Å². The van der Waals surface area contributed by atoms with Crippen LogP contribution in [0.15, 0.2) is 24.3 Å². The number of nitrogens with zero attached hydrogens (tertiary/aromatic N) is 4. The van der Waals surface area contributed by atoms with Crippen LogP contribution >= 0.6 is 0 Å². The summed E-state index contributed by atoms with van der Waals surface area (Å²) in [5, 5.41) is 10.3. The fourth-order valence-corrected chi connectivity index (χ4v) is 4.09. The van der Waals surface area contributed by atoms with Crippen LogP contribution in [0.2, 0.25) is 0 Å². The highest BCUT2D eigenvalue weighted by Gasteiger charge is 2.27. The highest BCUT2D eigenvalue weighted by atomic mass is 16.6. The fraction of sp³-hybridized carbons (Fsp3) is 0.500. The fourth-order valence-electron chi connectivity index (χ4n) is 4.09. The number of hydrogen-bond acceptors (Lipinski definition) is 7. The second kappa shape index (κ2) is 9.07. The molecule has 166 valence electrons. The number of amides is 1. The molecule has 2 aliphatic heterocycles. The minimum Gasteiger partial charge on any atom is -0.448 e. The molecule has 0 atom stereocenters. The van der Waals surface area contributed by atoms with Crippen molar-refractivity contribution in [2.45, 2.75) is 39.9 Å². The quantitative estimate of drug-likeness (QED) is 0.758. The van der Waals surface area contributed by atoms with Crippen LogP contribution in [0.3, 0.4) is 0 Å². The number of piperazine rings is 1. The van der Waals surface area contributed by atoms with Crippen LogP contribution in [-0.4, -0.2) is 65.5 Å². The van der Waals surface area contributed by atoms with Crippen LogP contribution in [0, 0.1) is 0 Å². The summed E-state index contributed by atoms with van der Waals surface area (Å²) < 4.78 is 6.29. The average molecular weight is 427 g/mol. The van der Waals surface area contributed by atoms with E-state index in [1.165, 1.54) is 4.68 Å². The number of benzene rings is 1. The van der Waals surface area contributed by atoms with Crippen LogP contribution in [0.5, 0.6) is 0 Å². The number of anilines is 2. The number of nitrogens with one attached hydrogen (secondary N) is 2. The molecule has 1 aromatic carbocycles. The van der Waals surface area contributed by atoms with Gasteiger partial charge in [0.05, 0.1) is 12.3 Å². The van der Waals surface area contributed by atoms with Gasteiger partial charge in [-0.1, -0.05) is 0 Å². The Morgan fingerprint density at radius 2 is 1.84 bits per heavy atom. The third-order valence-electron chi connectivity index (χ3n) is 5.90. The van der Waals surface area contributed by atoms with E-state index in [0.29, 0.717) is 30.5 Å². The molecule has 2 aliphatic rings. The highest BCUT2D eigenvalue weighted by Crippen LogP contribution is 2.25. The number of aromatic nitrogens is 2. The lowest BCUT2D eigenvalue weighted by Gasteiger charge is -2.38. The van der Waals surface area contributed by atoms with E-state index in [4.69, 9.17) is 4.74 Å². The summed E-state index contributed by atoms with van der Waals surface area (Å²) >= 11 is 0. The summed E-state index contributed by atoms with van der Waals surface area (Å²) in [5.41, 5.74) is 3.22. The zero-order chi connectivity index (χ0) is 22.0. The summed E-state index contributed by atoms with van der Waals surface area (Å²) in [6.45, 7) is 11.6. The van der Waals surface area contributed by atoms with Gasteiger partial charge in [-0.25, -0.2) is 4.79 Å². The van der Waals surface area contributed by atoms with Crippen molar-refractivity contribution < 1.29 is 14.3 Å². The Balaban J connectivity index is 1.43. The maximum Gasteiger partial charge on any atom is 0.435 e. The Morgan fingerprint density at radius 3 is 2.48 bits per heavy atom. The van der Waals surface area contributed by atoms with E-state index in [1.54, 1.807) is 6.92 Å². The Kier molecular flexibility index (Phi) is 6.24. The first-order chi connectivity index (χ1) is 15.0. The van der Waals surface area contributed by atoms with Gasteiger partial charge >= 0.3 is 6.09 Å². The van der Waals surface area contributed by atoms with Gasteiger partial charge in [0, 0.05) is 62.1 Å². The number of carbonyl (C=O) groups excluding carboxylic acids is 2. The number of fused-ring (bicyclic) bond motifs is 1. The predicted octanol–water partition coefficient (Wildman–Crippen LogP) is 2.27. The van der Waals surface area contributed by atoms with Crippen LogP contribution in [0.25, 0.3) is 0 Å². The van der Waals surface area contributed by atoms with Crippen molar-refractivity contribution in [1.29, 1.82) is 0 Å². The van der Waals surface area contributed by atoms with Crippen LogP contribution in [0.1, 0.15) is 42.4 Å². The molecule has 1 aromatic heterocycles. The summed E-state index contributed by atoms with van der Waals surface area (Å²) in [6.07, 6.45) is -0.537. The molecular weight excluding hydrogens is 396 g/mol. The molecule has 0 saturated carbocycles. The molecule has 1 saturated heterocycles. The van der Waals surface area contributed by atoms with Gasteiger partial charge < -0.3 is 20.3 Å². The number of ether oxygens (including phenoxy) is 1. The minimum absolute atomic E-state index is 0.251. The third-order valence-corrected chi connectivity index (χ3v) is 5.90. The summed E-state index contributed by atoms with van der Waals surface area (Å²) in [6, 6.07) is 8.21. The molecule has 9 heteroatoms. The summed E-state index contributed by atoms with van der Waals surface area (Å²) in [4.78, 5) is 29.8. The van der Waals surface area contributed by atoms with E-state index in [-0.39, 0.29) is 12.5 Å². The lowest BCUT2D eigenvalue weighted by atomic mass is 10.1. The zero-order valence-corrected chi connectivity index (χ0v) is 18.4. The molecule has 1 amide bonds. The van der Waals surface area contributed by atoms with E-state index in [0.717, 1.165) is 43.1 Å². The van der Waals surface area contributed by atoms with Crippen molar-refractivity contribution in [3.05, 3.63) is 41.1 Å². The van der Waals surface area contributed by atoms with Crippen LogP contribution < -0.4 is 15.5 Å². The molecular formula is C22H30N6O3. The first kappa shape index (κ1) is 21.3. The molecule has 1 fully saturated rings. The molecule has 0 radical (unpaired) electrons. The smallest absolute Gasteiger partial charge is 0.435 e. The number of hydrogen-bond donors (Lipinski definition) is 2. The van der Waals surface area contributed by atoms with Gasteiger partial charge in [-0.15, -0.1) is 5.10 Å². The van der Waals surface area contributed by atoms with E-state index < -0.39 is 6.09 Å². The molecule has 4 rings (SSSR count). The molecule has 0 unspecified atom stereocenters. The van der Waals surface area contributed by atoms with Crippen molar-refractivity contribution in [2.75, 3.05) is 43.0 Å². The van der Waals surface area contributed by atoms with Gasteiger partial charge in [-0.3, -0.25) is 9.69 Å². The molecule has 31 heavy (non-hydrogen) atoms. The van der Waals surface area contributed by atoms with Crippen LogP contribution in [0.4, 0.5) is 16.3 Å². The lowest BCUT2D eigenvalue weighted by molar-refractivity contribution is 0.102. The molecule has 0 spiro atoms. The normalized spacial score (nSPS) is 16.5. The van der Waals surface area contributed by atoms with Crippen molar-refractivity contribution in [2.24, 2.45) is 0 Å². The second-order valence-electron chi connectivity index (χ2n) is 8.11. The number of carbonyl (C=O) groups is 2. The first-order valence-electron chi connectivity index (χ1n) is 10.9. The zero-order valence-electron chi connectivity index (χ0n) is 18.4. The Morgan fingerprint density at radius 1 is 1.13 bits per heavy atom. The van der Waals surface area contributed by atoms with E-state index >= 15 is 0 Å². The number of rotatable bonds is 5. The summed E-state index contributed by atoms with van der Waals surface area (Å²) in [5.74, 6) is 0.145. The Hall–Kier alpha value is -2.91. The topological polar surface area (TPSA) is 91.7 Å². The monoisotopic (exact) mass is 426 g/mol. The predicted molar refractivity (Wildman–Crippen MR) is 119 cm³/mol. The lowest BCUT2D eigenvalue weighted by Crippen LogP contribution is -2.48. The van der Waals surface area contributed by atoms with Gasteiger partial charge in [-0.05, 0) is 45.0 Å². The Labute approximate surface area is 182 Å². The molecule has 9 nitrogen and oxygen atoms in total. The first-order valence-corrected chi connectivity index (χ1v) is 10.9. The van der Waals surface area contributed by atoms with Crippen molar-refractivity contribution in [1.82, 2.24) is 20.0 Å². The van der Waals surface area contributed by atoms with Gasteiger partial charge in [0.15, 0.2) is 5.82 Å². The minimum atomic E-state index is -0.537. The maximum absolute atomic E-state index is 12.8. The highest BCUT2D eigenvalue weighted by molar-refractivity contribution is 6.04. The second-order valence-corrected chi connectivity index (χ2v) is 8.11. The average Bonchev–Trinajstić information content (AvgIpc) is 3.38. The standard InChI is InChI=1S/C22H30N6O3/c1-4-31-22(30)28-19-14-23-13-18(19)20(25-28)24-21(29)16-5-7-17(8-6-16)27-11-9-26(10-12-27)15(2)3/h5-8,15,23H,4,9-14H2,1-3H3,(H,24,25,29). The van der Waals surface area contributed by atoms with Gasteiger partial charge in [-0.2, -0.15) is 4.68 Å². The van der Waals surface area contributed by atoms with Crippen molar-refractivity contribution >= 4 is 23.5 Å². The van der Waals surface area contributed by atoms with Gasteiger partial charge in [0.2, 0.25) is 0 Å². The van der Waals surface area contributed by atoms with Crippen molar-refractivity contribution in [3.8, 4) is 0 Å². The SMILES string of the molecule is CCOC(=O)n1nc(NC(=O)c2ccc(N3CCN(C(C)C)CC3)cc2)c2c1CNC2. The van der Waals surface area contributed by atoms with E-state index in [9.17, 15) is 9.59 Å². The summed E-state index contributed by atoms with van der Waals surface area (Å²) in [7, 11) is 0. The van der Waals surface area contributed by atoms with Gasteiger partial charge in [0.25, 0.3) is 5.91 Å². The molecule has 2 aromatic rings. The Bertz CT molecular complexity index is 945. The van der Waals surface area contributed by atoms with E-state index in [2.05, 4.69) is 39.4 Å². The van der Waals surface area contributed by atoms with Gasteiger partial charge in [0.1, 0.15) is 0 Å². The third kappa shape index (κ3) is 4.42. The molecule has 0 aliphatic carbocycles. The van der Waals surface area contributed by atoms with E-state index in [1.807, 2.05) is 24.3 Å².